The van der Waals surface area contributed by atoms with Gasteiger partial charge in [0.15, 0.2) is 5.69 Å². The minimum absolute atomic E-state index is 0.156. The van der Waals surface area contributed by atoms with Crippen LogP contribution in [0.2, 0.25) is 0 Å². The van der Waals surface area contributed by atoms with Crippen LogP contribution >= 0.6 is 0 Å². The van der Waals surface area contributed by atoms with Crippen LogP contribution in [-0.4, -0.2) is 11.1 Å². The van der Waals surface area contributed by atoms with Gasteiger partial charge in [0, 0.05) is 6.07 Å². The van der Waals surface area contributed by atoms with E-state index < -0.39 is 0 Å². The molecule has 0 fully saturated rings. The molecule has 0 atom stereocenters. The lowest BCUT2D eigenvalue weighted by atomic mass is 10.1. The summed E-state index contributed by atoms with van der Waals surface area (Å²) < 4.78 is 4.98. The van der Waals surface area contributed by atoms with E-state index in [-0.39, 0.29) is 11.9 Å². The van der Waals surface area contributed by atoms with Gasteiger partial charge < -0.3 is 9.84 Å². The molecule has 0 saturated carbocycles. The van der Waals surface area contributed by atoms with Gasteiger partial charge in [0.1, 0.15) is 5.76 Å². The van der Waals surface area contributed by atoms with Crippen LogP contribution in [0, 0.1) is 6.92 Å². The summed E-state index contributed by atoms with van der Waals surface area (Å²) >= 11 is 0. The summed E-state index contributed by atoms with van der Waals surface area (Å²) in [6.45, 7) is 1.77. The van der Waals surface area contributed by atoms with Gasteiger partial charge in [-0.3, -0.25) is 4.79 Å². The third-order valence-electron chi connectivity index (χ3n) is 3.97. The van der Waals surface area contributed by atoms with Crippen molar-refractivity contribution >= 4 is 5.91 Å². The summed E-state index contributed by atoms with van der Waals surface area (Å²) in [6, 6.07) is 17.8. The third kappa shape index (κ3) is 1.92. The number of nitrogens with one attached hydrogen (secondary N) is 1. The molecule has 1 aliphatic rings. The Morgan fingerprint density at radius 2 is 1.64 bits per heavy atom. The normalized spacial score (nSPS) is 12.8. The van der Waals surface area contributed by atoms with Gasteiger partial charge in [0.05, 0.1) is 6.04 Å². The fraction of sp³-hybridized carbons (Fsp3) is 0.111. The molecule has 0 spiro atoms. The summed E-state index contributed by atoms with van der Waals surface area (Å²) in [6.07, 6.45) is 0. The van der Waals surface area contributed by atoms with Gasteiger partial charge in [-0.25, -0.2) is 0 Å². The van der Waals surface area contributed by atoms with Crippen molar-refractivity contribution in [2.75, 3.05) is 0 Å². The van der Waals surface area contributed by atoms with E-state index in [2.05, 4.69) is 22.6 Å². The second-order valence-electron chi connectivity index (χ2n) is 5.40. The standard InChI is InChI=1S/C18H14N2O2/c1-11-10-16(20-22-11)18(21)19-17-14-8-4-2-6-12(14)13-7-3-5-9-15(13)17/h2-10,17H,1H3,(H,19,21). The monoisotopic (exact) mass is 290 g/mol. The number of hydrogen-bond acceptors (Lipinski definition) is 3. The molecule has 2 aromatic carbocycles. The Bertz CT molecular complexity index is 821. The SMILES string of the molecule is Cc1cc(C(=O)NC2c3ccccc3-c3ccccc32)no1. The molecule has 4 rings (SSSR count). The van der Waals surface area contributed by atoms with Crippen molar-refractivity contribution in [1.82, 2.24) is 10.5 Å². The van der Waals surface area contributed by atoms with Crippen LogP contribution in [0.4, 0.5) is 0 Å². The van der Waals surface area contributed by atoms with E-state index in [4.69, 9.17) is 4.52 Å². The Kier molecular flexibility index (Phi) is 2.82. The van der Waals surface area contributed by atoms with Crippen LogP contribution in [0.1, 0.15) is 33.4 Å². The number of aryl methyl sites for hydroxylation is 1. The van der Waals surface area contributed by atoms with Crippen molar-refractivity contribution in [1.29, 1.82) is 0 Å². The minimum Gasteiger partial charge on any atom is -0.361 e. The maximum absolute atomic E-state index is 12.4. The van der Waals surface area contributed by atoms with Gasteiger partial charge in [-0.1, -0.05) is 53.7 Å². The van der Waals surface area contributed by atoms with E-state index in [0.717, 1.165) is 11.1 Å². The van der Waals surface area contributed by atoms with Gasteiger partial charge in [0.2, 0.25) is 0 Å². The lowest BCUT2D eigenvalue weighted by molar-refractivity contribution is 0.0934. The van der Waals surface area contributed by atoms with E-state index in [0.29, 0.717) is 11.5 Å². The third-order valence-corrected chi connectivity index (χ3v) is 3.97. The van der Waals surface area contributed by atoms with Crippen molar-refractivity contribution < 1.29 is 9.32 Å². The van der Waals surface area contributed by atoms with Gasteiger partial charge in [0.25, 0.3) is 5.91 Å². The average molecular weight is 290 g/mol. The quantitative estimate of drug-likeness (QED) is 0.786. The fourth-order valence-electron chi connectivity index (χ4n) is 2.99. The van der Waals surface area contributed by atoms with Crippen molar-refractivity contribution in [3.8, 4) is 11.1 Å². The highest BCUT2D eigenvalue weighted by Gasteiger charge is 2.29. The predicted octanol–water partition coefficient (Wildman–Crippen LogP) is 3.48. The molecule has 0 aliphatic heterocycles. The van der Waals surface area contributed by atoms with E-state index in [1.807, 2.05) is 36.4 Å². The molecule has 4 heteroatoms. The Hall–Kier alpha value is -2.88. The number of nitrogens with zero attached hydrogens (tertiary/aromatic N) is 1. The number of benzene rings is 2. The van der Waals surface area contributed by atoms with E-state index in [1.54, 1.807) is 13.0 Å². The van der Waals surface area contributed by atoms with Crippen molar-refractivity contribution in [3.05, 3.63) is 77.2 Å². The van der Waals surface area contributed by atoms with E-state index in [1.165, 1.54) is 11.1 Å². The van der Waals surface area contributed by atoms with Gasteiger partial charge in [-0.05, 0) is 29.2 Å². The average Bonchev–Trinajstić information content (AvgIpc) is 3.11. The summed E-state index contributed by atoms with van der Waals surface area (Å²) in [4.78, 5) is 12.4. The van der Waals surface area contributed by atoms with Gasteiger partial charge in [-0.2, -0.15) is 0 Å². The highest BCUT2D eigenvalue weighted by molar-refractivity contribution is 5.94. The minimum atomic E-state index is -0.228. The number of fused-ring (bicyclic) bond motifs is 3. The first-order valence-electron chi connectivity index (χ1n) is 7.16. The van der Waals surface area contributed by atoms with Crippen molar-refractivity contribution in [2.45, 2.75) is 13.0 Å². The molecule has 1 heterocycles. The number of aromatic nitrogens is 1. The highest BCUT2D eigenvalue weighted by atomic mass is 16.5. The Labute approximate surface area is 127 Å². The number of hydrogen-bond donors (Lipinski definition) is 1. The zero-order valence-electron chi connectivity index (χ0n) is 12.0. The summed E-state index contributed by atoms with van der Waals surface area (Å²) in [5.74, 6) is 0.394. The second-order valence-corrected chi connectivity index (χ2v) is 5.40. The van der Waals surface area contributed by atoms with Gasteiger partial charge >= 0.3 is 0 Å². The lowest BCUT2D eigenvalue weighted by Gasteiger charge is -2.14. The Morgan fingerprint density at radius 3 is 2.18 bits per heavy atom. The van der Waals surface area contributed by atoms with Crippen molar-refractivity contribution in [2.24, 2.45) is 0 Å². The van der Waals surface area contributed by atoms with Crippen LogP contribution < -0.4 is 5.32 Å². The van der Waals surface area contributed by atoms with E-state index in [9.17, 15) is 4.79 Å². The number of amides is 1. The number of carbonyl (C=O) groups is 1. The first-order valence-corrected chi connectivity index (χ1v) is 7.16. The molecule has 0 bridgehead atoms. The van der Waals surface area contributed by atoms with Crippen LogP contribution in [0.3, 0.4) is 0 Å². The zero-order chi connectivity index (χ0) is 15.1. The smallest absolute Gasteiger partial charge is 0.274 e. The van der Waals surface area contributed by atoms with Crippen LogP contribution in [0.5, 0.6) is 0 Å². The zero-order valence-corrected chi connectivity index (χ0v) is 12.0. The van der Waals surface area contributed by atoms with E-state index >= 15 is 0 Å². The molecule has 3 aromatic rings. The Balaban J connectivity index is 1.74. The number of carbonyl (C=O) groups excluding carboxylic acids is 1. The van der Waals surface area contributed by atoms with Gasteiger partial charge in [-0.15, -0.1) is 0 Å². The predicted molar refractivity (Wildman–Crippen MR) is 82.4 cm³/mol. The lowest BCUT2D eigenvalue weighted by Crippen LogP contribution is -2.28. The summed E-state index contributed by atoms with van der Waals surface area (Å²) in [5, 5.41) is 6.84. The molecule has 0 radical (unpaired) electrons. The Morgan fingerprint density at radius 1 is 1.05 bits per heavy atom. The molecule has 1 aromatic heterocycles. The largest absolute Gasteiger partial charge is 0.361 e. The topological polar surface area (TPSA) is 55.1 Å². The first kappa shape index (κ1) is 12.8. The van der Waals surface area contributed by atoms with Crippen LogP contribution in [0.15, 0.2) is 59.1 Å². The molecule has 108 valence electrons. The van der Waals surface area contributed by atoms with Crippen LogP contribution in [-0.2, 0) is 0 Å². The van der Waals surface area contributed by atoms with Crippen LogP contribution in [0.25, 0.3) is 11.1 Å². The maximum Gasteiger partial charge on any atom is 0.274 e. The molecule has 1 N–H and O–H groups in total. The summed E-state index contributed by atoms with van der Waals surface area (Å²) in [5.41, 5.74) is 4.85. The molecule has 22 heavy (non-hydrogen) atoms. The number of rotatable bonds is 2. The molecule has 0 saturated heterocycles. The van der Waals surface area contributed by atoms with Crippen molar-refractivity contribution in [3.63, 3.8) is 0 Å². The maximum atomic E-state index is 12.4. The first-order chi connectivity index (χ1) is 10.7. The second kappa shape index (κ2) is 4.84. The summed E-state index contributed by atoms with van der Waals surface area (Å²) in [7, 11) is 0. The highest BCUT2D eigenvalue weighted by Crippen LogP contribution is 2.43. The molecule has 1 aliphatic carbocycles. The molecule has 0 unspecified atom stereocenters. The molecular weight excluding hydrogens is 276 g/mol. The fourth-order valence-corrected chi connectivity index (χ4v) is 2.99. The molecule has 1 amide bonds. The molecular formula is C18H14N2O2. The molecule has 4 nitrogen and oxygen atoms in total.